The van der Waals surface area contributed by atoms with Crippen molar-refractivity contribution in [1.29, 1.82) is 0 Å². The average Bonchev–Trinajstić information content (AvgIpc) is 3.08. The largest absolute Gasteiger partial charge is 0.460 e. The van der Waals surface area contributed by atoms with E-state index in [1.807, 2.05) is 0 Å². The summed E-state index contributed by atoms with van der Waals surface area (Å²) in [5.41, 5.74) is 6.18. The maximum atomic E-state index is 6.43. The minimum Gasteiger partial charge on any atom is -0.460 e. The van der Waals surface area contributed by atoms with Crippen LogP contribution in [0.25, 0.3) is 44.0 Å². The van der Waals surface area contributed by atoms with Crippen LogP contribution >= 0.6 is 0 Å². The van der Waals surface area contributed by atoms with Gasteiger partial charge in [0.1, 0.15) is 11.3 Å². The lowest BCUT2D eigenvalue weighted by molar-refractivity contribution is 0.528. The summed E-state index contributed by atoms with van der Waals surface area (Å²) in [6.07, 6.45) is 3.27. The molecule has 3 aromatic rings. The summed E-state index contributed by atoms with van der Waals surface area (Å²) >= 11 is 0. The van der Waals surface area contributed by atoms with Crippen LogP contribution in [0.3, 0.4) is 0 Å². The van der Waals surface area contributed by atoms with Crippen molar-refractivity contribution in [2.45, 2.75) is 26.2 Å². The molecule has 0 bridgehead atoms. The summed E-state index contributed by atoms with van der Waals surface area (Å²) in [7, 11) is 0. The van der Waals surface area contributed by atoms with Crippen LogP contribution in [0.15, 0.2) is 83.3 Å². The molecule has 2 aliphatic rings. The van der Waals surface area contributed by atoms with Crippen molar-refractivity contribution in [2.24, 2.45) is 0 Å². The van der Waals surface area contributed by atoms with Crippen molar-refractivity contribution in [3.05, 3.63) is 84.6 Å². The van der Waals surface area contributed by atoms with E-state index < -0.39 is 0 Å². The number of hydrogen-bond donors (Lipinski definition) is 0. The van der Waals surface area contributed by atoms with Crippen molar-refractivity contribution in [2.75, 3.05) is 0 Å². The first kappa shape index (κ1) is 16.1. The Hall–Kier alpha value is -3.06. The van der Waals surface area contributed by atoms with E-state index in [-0.39, 0.29) is 0 Å². The Morgan fingerprint density at radius 1 is 0.630 bits per heavy atom. The summed E-state index contributed by atoms with van der Waals surface area (Å²) in [4.78, 5) is 0. The lowest BCUT2D eigenvalue weighted by Gasteiger charge is -2.14. The van der Waals surface area contributed by atoms with E-state index in [9.17, 15) is 0 Å². The van der Waals surface area contributed by atoms with Crippen molar-refractivity contribution < 1.29 is 4.42 Å². The summed E-state index contributed by atoms with van der Waals surface area (Å²) in [6, 6.07) is 28.0. The normalized spacial score (nSPS) is 11.6. The van der Waals surface area contributed by atoms with Crippen LogP contribution in [-0.2, 0) is 6.42 Å². The Morgan fingerprint density at radius 2 is 1.26 bits per heavy atom. The third kappa shape index (κ3) is 2.54. The highest BCUT2D eigenvalue weighted by Gasteiger charge is 2.25. The number of para-hydroxylation sites is 1. The molecule has 0 saturated heterocycles. The number of fused-ring (bicyclic) bond motifs is 5. The first-order valence-electron chi connectivity index (χ1n) is 9.78. The topological polar surface area (TPSA) is 13.1 Å². The molecule has 132 valence electrons. The first-order chi connectivity index (χ1) is 13.4. The molecule has 27 heavy (non-hydrogen) atoms. The van der Waals surface area contributed by atoms with Gasteiger partial charge in [0.2, 0.25) is 0 Å². The second-order valence-corrected chi connectivity index (χ2v) is 7.16. The van der Waals surface area contributed by atoms with Crippen molar-refractivity contribution in [1.82, 2.24) is 0 Å². The SMILES string of the molecule is CCCCc1oc2ccccc2c2c(-c3ccccc3)c3ccccc3c1-2. The predicted molar refractivity (Wildman–Crippen MR) is 114 cm³/mol. The summed E-state index contributed by atoms with van der Waals surface area (Å²) < 4.78 is 6.43. The van der Waals surface area contributed by atoms with Gasteiger partial charge in [0.25, 0.3) is 0 Å². The van der Waals surface area contributed by atoms with E-state index in [4.69, 9.17) is 4.42 Å². The van der Waals surface area contributed by atoms with Crippen molar-refractivity contribution in [3.63, 3.8) is 0 Å². The van der Waals surface area contributed by atoms with E-state index in [1.165, 1.54) is 38.4 Å². The van der Waals surface area contributed by atoms with Crippen LogP contribution in [0, 0.1) is 0 Å². The minimum absolute atomic E-state index is 0.972. The fourth-order valence-electron chi connectivity index (χ4n) is 4.24. The third-order valence-corrected chi connectivity index (χ3v) is 5.45. The van der Waals surface area contributed by atoms with Crippen LogP contribution in [0.5, 0.6) is 0 Å². The third-order valence-electron chi connectivity index (χ3n) is 5.45. The van der Waals surface area contributed by atoms with Gasteiger partial charge in [0.05, 0.1) is 0 Å². The number of unbranched alkanes of at least 4 members (excludes halogenated alkanes) is 1. The maximum absolute atomic E-state index is 6.43. The molecule has 3 aromatic carbocycles. The Labute approximate surface area is 159 Å². The van der Waals surface area contributed by atoms with Crippen LogP contribution in [0.4, 0.5) is 0 Å². The standard InChI is InChI=1S/C26H22O/c1-2-3-16-23-25-20-14-8-7-13-19(20)24(18-11-5-4-6-12-18)26(25)21-15-9-10-17-22(21)27-23/h4-15,17H,2-3,16H2,1H3. The zero-order valence-corrected chi connectivity index (χ0v) is 15.5. The van der Waals surface area contributed by atoms with Gasteiger partial charge in [-0.2, -0.15) is 0 Å². The van der Waals surface area contributed by atoms with Crippen LogP contribution in [0.2, 0.25) is 0 Å². The Morgan fingerprint density at radius 3 is 2.00 bits per heavy atom. The molecule has 1 heteroatoms. The monoisotopic (exact) mass is 350 g/mol. The summed E-state index contributed by atoms with van der Waals surface area (Å²) in [5, 5.41) is 3.80. The zero-order chi connectivity index (χ0) is 18.2. The van der Waals surface area contributed by atoms with E-state index in [0.717, 1.165) is 30.6 Å². The molecule has 1 aliphatic carbocycles. The van der Waals surface area contributed by atoms with Gasteiger partial charge in [-0.1, -0.05) is 86.1 Å². The Balaban J connectivity index is 1.98. The molecule has 0 atom stereocenters. The molecular weight excluding hydrogens is 328 g/mol. The highest BCUT2D eigenvalue weighted by molar-refractivity contribution is 6.21. The summed E-state index contributed by atoms with van der Waals surface area (Å²) in [6.45, 7) is 2.23. The molecule has 0 saturated carbocycles. The Bertz CT molecular complexity index is 1200. The molecule has 0 N–H and O–H groups in total. The maximum Gasteiger partial charge on any atom is 0.134 e. The molecule has 0 unspecified atom stereocenters. The van der Waals surface area contributed by atoms with Crippen molar-refractivity contribution in [3.8, 4) is 22.3 Å². The highest BCUT2D eigenvalue weighted by atomic mass is 16.3. The fourth-order valence-corrected chi connectivity index (χ4v) is 4.24. The van der Waals surface area contributed by atoms with Gasteiger partial charge in [-0.25, -0.2) is 0 Å². The lowest BCUT2D eigenvalue weighted by atomic mass is 9.94. The van der Waals surface area contributed by atoms with E-state index in [0.29, 0.717) is 0 Å². The number of benzene rings is 3. The van der Waals surface area contributed by atoms with Gasteiger partial charge in [-0.15, -0.1) is 0 Å². The number of rotatable bonds is 4. The molecule has 0 aromatic heterocycles. The number of aryl methyl sites for hydroxylation is 1. The smallest absolute Gasteiger partial charge is 0.134 e. The van der Waals surface area contributed by atoms with Crippen molar-refractivity contribution >= 4 is 21.7 Å². The van der Waals surface area contributed by atoms with Gasteiger partial charge in [0, 0.05) is 22.9 Å². The molecule has 0 fully saturated rings. The molecule has 0 amide bonds. The van der Waals surface area contributed by atoms with Gasteiger partial charge >= 0.3 is 0 Å². The second kappa shape index (κ2) is 6.59. The van der Waals surface area contributed by atoms with Crippen LogP contribution in [-0.4, -0.2) is 0 Å². The molecule has 1 aliphatic heterocycles. The van der Waals surface area contributed by atoms with Crippen LogP contribution in [0.1, 0.15) is 25.5 Å². The van der Waals surface area contributed by atoms with Gasteiger partial charge in [0.15, 0.2) is 0 Å². The molecule has 0 radical (unpaired) electrons. The fraction of sp³-hybridized carbons (Fsp3) is 0.154. The molecule has 5 rings (SSSR count). The predicted octanol–water partition coefficient (Wildman–Crippen LogP) is 7.70. The van der Waals surface area contributed by atoms with E-state index in [2.05, 4.69) is 85.8 Å². The van der Waals surface area contributed by atoms with E-state index in [1.54, 1.807) is 0 Å². The Kier molecular flexibility index (Phi) is 3.94. The quantitative estimate of drug-likeness (QED) is 0.323. The first-order valence-corrected chi connectivity index (χ1v) is 9.78. The molecule has 1 nitrogen and oxygen atoms in total. The van der Waals surface area contributed by atoms with Gasteiger partial charge in [-0.3, -0.25) is 0 Å². The average molecular weight is 350 g/mol. The minimum atomic E-state index is 0.972. The second-order valence-electron chi connectivity index (χ2n) is 7.16. The number of hydrogen-bond acceptors (Lipinski definition) is 1. The summed E-state index contributed by atoms with van der Waals surface area (Å²) in [5.74, 6) is 1.11. The van der Waals surface area contributed by atoms with E-state index >= 15 is 0 Å². The lowest BCUT2D eigenvalue weighted by Crippen LogP contribution is -1.92. The molecular formula is C26H22O. The van der Waals surface area contributed by atoms with Gasteiger partial charge in [-0.05, 0) is 34.4 Å². The molecule has 0 spiro atoms. The zero-order valence-electron chi connectivity index (χ0n) is 15.5. The highest BCUT2D eigenvalue weighted by Crippen LogP contribution is 2.50. The molecule has 1 heterocycles. The van der Waals surface area contributed by atoms with Crippen LogP contribution < -0.4 is 0 Å². The van der Waals surface area contributed by atoms with Gasteiger partial charge < -0.3 is 4.42 Å².